The summed E-state index contributed by atoms with van der Waals surface area (Å²) in [6.07, 6.45) is 1.40. The average molecular weight is 371 g/mol. The van der Waals surface area contributed by atoms with Gasteiger partial charge in [-0.25, -0.2) is 4.79 Å². The van der Waals surface area contributed by atoms with Crippen LogP contribution in [0.5, 0.6) is 11.5 Å². The first-order valence-corrected chi connectivity index (χ1v) is 8.88. The molecular formula is C21H25NO5. The van der Waals surface area contributed by atoms with Crippen molar-refractivity contribution in [1.82, 2.24) is 5.32 Å². The number of aliphatic carboxylic acids is 1. The third kappa shape index (κ3) is 6.33. The number of nitrogens with one attached hydrogen (secondary N) is 1. The molecule has 2 N–H and O–H groups in total. The molecule has 0 fully saturated rings. The quantitative estimate of drug-likeness (QED) is 0.671. The summed E-state index contributed by atoms with van der Waals surface area (Å²) in [5, 5.41) is 11.6. The summed E-state index contributed by atoms with van der Waals surface area (Å²) in [6.45, 7) is 2.16. The molecule has 2 aromatic carbocycles. The molecule has 1 atom stereocenters. The van der Waals surface area contributed by atoms with Crippen molar-refractivity contribution in [2.24, 2.45) is 0 Å². The van der Waals surface area contributed by atoms with Gasteiger partial charge in [0.25, 0.3) is 0 Å². The second-order valence-corrected chi connectivity index (χ2v) is 6.10. The Balaban J connectivity index is 1.83. The number of carbonyl (C=O) groups is 2. The molecule has 6 nitrogen and oxygen atoms in total. The van der Waals surface area contributed by atoms with E-state index in [1.165, 1.54) is 0 Å². The number of carbonyl (C=O) groups excluding carboxylic acids is 1. The summed E-state index contributed by atoms with van der Waals surface area (Å²) in [6, 6.07) is 14.7. The van der Waals surface area contributed by atoms with E-state index >= 15 is 0 Å². The van der Waals surface area contributed by atoms with Gasteiger partial charge in [-0.15, -0.1) is 0 Å². The lowest BCUT2D eigenvalue weighted by Gasteiger charge is -2.16. The Hall–Kier alpha value is -3.02. The van der Waals surface area contributed by atoms with Gasteiger partial charge in [0.2, 0.25) is 5.91 Å². The number of carboxylic acids is 1. The van der Waals surface area contributed by atoms with Crippen LogP contribution in [0.25, 0.3) is 0 Å². The maximum atomic E-state index is 12.5. The Morgan fingerprint density at radius 1 is 1.04 bits per heavy atom. The van der Waals surface area contributed by atoms with Gasteiger partial charge in [-0.05, 0) is 48.2 Å². The SMILES string of the molecule is CCC(C(=O)NCCc1ccc(OCC(=O)O)cc1)c1ccc(OC)cc1. The molecule has 0 radical (unpaired) electrons. The standard InChI is InChI=1S/C21H25NO5/c1-3-19(16-6-10-17(26-2)11-7-16)21(25)22-13-12-15-4-8-18(9-5-15)27-14-20(23)24/h4-11,19H,3,12-14H2,1-2H3,(H,22,25)(H,23,24). The summed E-state index contributed by atoms with van der Waals surface area (Å²) < 4.78 is 10.3. The normalized spacial score (nSPS) is 11.5. The molecular weight excluding hydrogens is 346 g/mol. The molecule has 2 rings (SSSR count). The Morgan fingerprint density at radius 2 is 1.67 bits per heavy atom. The van der Waals surface area contributed by atoms with Crippen molar-refractivity contribution in [1.29, 1.82) is 0 Å². The molecule has 0 aromatic heterocycles. The lowest BCUT2D eigenvalue weighted by Crippen LogP contribution is -2.30. The lowest BCUT2D eigenvalue weighted by molar-refractivity contribution is -0.139. The molecule has 0 aliphatic rings. The van der Waals surface area contributed by atoms with Gasteiger partial charge in [0.1, 0.15) is 11.5 Å². The Kier molecular flexibility index (Phi) is 7.67. The minimum Gasteiger partial charge on any atom is -0.497 e. The summed E-state index contributed by atoms with van der Waals surface area (Å²) >= 11 is 0. The second-order valence-electron chi connectivity index (χ2n) is 6.10. The zero-order valence-corrected chi connectivity index (χ0v) is 15.6. The van der Waals surface area contributed by atoms with Gasteiger partial charge in [-0.2, -0.15) is 0 Å². The number of carboxylic acid groups (broad SMARTS) is 1. The zero-order valence-electron chi connectivity index (χ0n) is 15.6. The van der Waals surface area contributed by atoms with Gasteiger partial charge in [0.05, 0.1) is 13.0 Å². The summed E-state index contributed by atoms with van der Waals surface area (Å²) in [7, 11) is 1.61. The van der Waals surface area contributed by atoms with E-state index in [1.807, 2.05) is 43.3 Å². The van der Waals surface area contributed by atoms with E-state index < -0.39 is 5.97 Å². The molecule has 27 heavy (non-hydrogen) atoms. The van der Waals surface area contributed by atoms with Crippen LogP contribution >= 0.6 is 0 Å². The van der Waals surface area contributed by atoms with Gasteiger partial charge in [-0.3, -0.25) is 4.79 Å². The molecule has 0 aliphatic heterocycles. The van der Waals surface area contributed by atoms with Crippen molar-refractivity contribution in [3.63, 3.8) is 0 Å². The number of hydrogen-bond acceptors (Lipinski definition) is 4. The fourth-order valence-corrected chi connectivity index (χ4v) is 2.76. The largest absolute Gasteiger partial charge is 0.497 e. The van der Waals surface area contributed by atoms with Gasteiger partial charge in [0, 0.05) is 6.54 Å². The predicted molar refractivity (Wildman–Crippen MR) is 102 cm³/mol. The van der Waals surface area contributed by atoms with E-state index in [1.54, 1.807) is 19.2 Å². The molecule has 144 valence electrons. The first-order chi connectivity index (χ1) is 13.0. The molecule has 0 heterocycles. The van der Waals surface area contributed by atoms with Crippen LogP contribution in [0.1, 0.15) is 30.4 Å². The fourth-order valence-electron chi connectivity index (χ4n) is 2.76. The van der Waals surface area contributed by atoms with Crippen molar-refractivity contribution in [2.45, 2.75) is 25.7 Å². The zero-order chi connectivity index (χ0) is 19.6. The summed E-state index contributed by atoms with van der Waals surface area (Å²) in [5.41, 5.74) is 2.01. The minimum atomic E-state index is -1.01. The molecule has 1 unspecified atom stereocenters. The second kappa shape index (κ2) is 10.2. The third-order valence-corrected chi connectivity index (χ3v) is 4.24. The highest BCUT2D eigenvalue weighted by Crippen LogP contribution is 2.22. The average Bonchev–Trinajstić information content (AvgIpc) is 2.68. The Morgan fingerprint density at radius 3 is 2.22 bits per heavy atom. The van der Waals surface area contributed by atoms with Crippen LogP contribution in [0.15, 0.2) is 48.5 Å². The lowest BCUT2D eigenvalue weighted by atomic mass is 9.95. The fraction of sp³-hybridized carbons (Fsp3) is 0.333. The van der Waals surface area contributed by atoms with E-state index in [2.05, 4.69) is 5.32 Å². The van der Waals surface area contributed by atoms with E-state index in [9.17, 15) is 9.59 Å². The number of amides is 1. The number of methoxy groups -OCH3 is 1. The Bertz CT molecular complexity index is 740. The molecule has 0 bridgehead atoms. The Labute approximate surface area is 159 Å². The van der Waals surface area contributed by atoms with Crippen molar-refractivity contribution in [3.05, 3.63) is 59.7 Å². The number of benzene rings is 2. The maximum Gasteiger partial charge on any atom is 0.341 e. The van der Waals surface area contributed by atoms with Crippen LogP contribution in [0.4, 0.5) is 0 Å². The van der Waals surface area contributed by atoms with Crippen molar-refractivity contribution in [3.8, 4) is 11.5 Å². The van der Waals surface area contributed by atoms with Crippen LogP contribution in [0.3, 0.4) is 0 Å². The van der Waals surface area contributed by atoms with Crippen LogP contribution in [-0.4, -0.2) is 37.2 Å². The van der Waals surface area contributed by atoms with E-state index in [0.717, 1.165) is 16.9 Å². The van der Waals surface area contributed by atoms with Gasteiger partial charge in [-0.1, -0.05) is 31.2 Å². The first-order valence-electron chi connectivity index (χ1n) is 8.88. The highest BCUT2D eigenvalue weighted by atomic mass is 16.5. The molecule has 1 amide bonds. The number of hydrogen-bond donors (Lipinski definition) is 2. The van der Waals surface area contributed by atoms with Gasteiger partial charge < -0.3 is 19.9 Å². The molecule has 0 saturated heterocycles. The number of ether oxygens (including phenoxy) is 2. The van der Waals surface area contributed by atoms with Crippen molar-refractivity contribution in [2.75, 3.05) is 20.3 Å². The van der Waals surface area contributed by atoms with E-state index in [0.29, 0.717) is 25.1 Å². The van der Waals surface area contributed by atoms with Gasteiger partial charge in [0.15, 0.2) is 6.61 Å². The van der Waals surface area contributed by atoms with E-state index in [-0.39, 0.29) is 18.4 Å². The molecule has 2 aromatic rings. The van der Waals surface area contributed by atoms with Crippen LogP contribution in [0.2, 0.25) is 0 Å². The highest BCUT2D eigenvalue weighted by Gasteiger charge is 2.18. The predicted octanol–water partition coefficient (Wildman–Crippen LogP) is 3.01. The van der Waals surface area contributed by atoms with E-state index in [4.69, 9.17) is 14.6 Å². The molecule has 0 spiro atoms. The summed E-state index contributed by atoms with van der Waals surface area (Å²) in [4.78, 5) is 23.0. The third-order valence-electron chi connectivity index (χ3n) is 4.24. The van der Waals surface area contributed by atoms with Crippen LogP contribution in [0, 0.1) is 0 Å². The summed E-state index contributed by atoms with van der Waals surface area (Å²) in [5.74, 6) is 0.0800. The highest BCUT2D eigenvalue weighted by molar-refractivity contribution is 5.83. The monoisotopic (exact) mass is 371 g/mol. The van der Waals surface area contributed by atoms with Crippen molar-refractivity contribution >= 4 is 11.9 Å². The topological polar surface area (TPSA) is 84.9 Å². The van der Waals surface area contributed by atoms with Gasteiger partial charge >= 0.3 is 5.97 Å². The van der Waals surface area contributed by atoms with Crippen LogP contribution < -0.4 is 14.8 Å². The smallest absolute Gasteiger partial charge is 0.341 e. The van der Waals surface area contributed by atoms with Crippen LogP contribution in [-0.2, 0) is 16.0 Å². The number of rotatable bonds is 10. The molecule has 6 heteroatoms. The van der Waals surface area contributed by atoms with Crippen molar-refractivity contribution < 1.29 is 24.2 Å². The molecule has 0 aliphatic carbocycles. The first kappa shape index (κ1) is 20.3. The maximum absolute atomic E-state index is 12.5. The minimum absolute atomic E-state index is 0.00378. The molecule has 0 saturated carbocycles.